The van der Waals surface area contributed by atoms with Crippen molar-refractivity contribution in [1.29, 1.82) is 10.5 Å². The van der Waals surface area contributed by atoms with E-state index in [4.69, 9.17) is 45.0 Å². The molecule has 134 heavy (non-hydrogen) atoms. The summed E-state index contributed by atoms with van der Waals surface area (Å²) in [5.41, 5.74) is 28.5. The summed E-state index contributed by atoms with van der Waals surface area (Å²) < 4.78 is 14.6. The van der Waals surface area contributed by atoms with Crippen LogP contribution < -0.4 is 37.5 Å². The molecule has 25 heteroatoms. The van der Waals surface area contributed by atoms with Crippen LogP contribution in [0.3, 0.4) is 0 Å². The maximum Gasteiger partial charge on any atom is 0.328 e. The van der Waals surface area contributed by atoms with Crippen LogP contribution in [0.4, 0.5) is 5.69 Å². The number of halogens is 2. The molecule has 14 nitrogen and oxygen atoms in total. The van der Waals surface area contributed by atoms with Gasteiger partial charge in [0.15, 0.2) is 5.69 Å². The summed E-state index contributed by atoms with van der Waals surface area (Å²) in [6, 6.07) is 97.4. The Morgan fingerprint density at radius 3 is 1.31 bits per heavy atom. The minimum Gasteiger partial charge on any atom is -0.458 e. The van der Waals surface area contributed by atoms with E-state index in [-0.39, 0.29) is 34.6 Å². The van der Waals surface area contributed by atoms with Crippen molar-refractivity contribution in [3.8, 4) is 46.4 Å². The van der Waals surface area contributed by atoms with E-state index in [2.05, 4.69) is 256 Å². The smallest absolute Gasteiger partial charge is 0.328 e. The minimum absolute atomic E-state index is 0.239. The van der Waals surface area contributed by atoms with E-state index in [9.17, 15) is 30.1 Å². The second kappa shape index (κ2) is 42.3. The number of benzene rings is 13. The Hall–Kier alpha value is -11.9. The minimum atomic E-state index is -0.436. The molecule has 0 bridgehead atoms. The van der Waals surface area contributed by atoms with Crippen molar-refractivity contribution in [2.24, 2.45) is 0 Å². The SMILES string of the molecule is Cc1ccc2c(c1)c(SCCC#N)cn2-c1ccc2c(c1)B(O)CC2.Cc1ccc2c(c1)c(Sc1ccccc1)cn2-c1ccc2c(c1)B(O)CC2.N#CCCSc1cn(-c2ccc3c(c2)B(O)CC3)c2ccc(Cl)cc12.OB1CCc2ccc(-n3ccc4cc(Cl)ccc43)cc21.OB1CCc2ccc(CCc3ccccc3)cc21.[C-]#[N+]c1ccc(Oc2cccc3c2B(O)CC3)cc1. The van der Waals surface area contributed by atoms with E-state index >= 15 is 0 Å². The monoisotopic (exact) mass is 1850 g/mol. The molecule has 6 aliphatic rings. The van der Waals surface area contributed by atoms with Crippen LogP contribution in [0.1, 0.15) is 68.5 Å². The van der Waals surface area contributed by atoms with E-state index in [0.29, 0.717) is 35.1 Å². The van der Waals surface area contributed by atoms with E-state index in [1.807, 2.05) is 66.9 Å². The predicted octanol–water partition coefficient (Wildman–Crippen LogP) is 20.6. The summed E-state index contributed by atoms with van der Waals surface area (Å²) in [5.74, 6) is 2.94. The molecule has 6 aliphatic heterocycles. The quantitative estimate of drug-likeness (QED) is 0.0218. The highest BCUT2D eigenvalue weighted by atomic mass is 35.5. The van der Waals surface area contributed by atoms with Crippen molar-refractivity contribution in [2.45, 2.75) is 136 Å². The van der Waals surface area contributed by atoms with Gasteiger partial charge in [-0.1, -0.05) is 201 Å². The molecule has 0 amide bonds. The Morgan fingerprint density at radius 2 is 0.806 bits per heavy atom. The normalized spacial score (nSPS) is 13.4. The molecule has 0 spiro atoms. The van der Waals surface area contributed by atoms with Gasteiger partial charge in [0, 0.05) is 123 Å². The Morgan fingerprint density at radius 1 is 0.388 bits per heavy atom. The molecule has 660 valence electrons. The number of nitriles is 2. The van der Waals surface area contributed by atoms with Crippen LogP contribution in [0, 0.1) is 43.1 Å². The number of fused-ring (bicyclic) bond motifs is 10. The van der Waals surface area contributed by atoms with Crippen LogP contribution in [-0.2, 0) is 51.4 Å². The first-order chi connectivity index (χ1) is 65.3. The number of aromatic nitrogens is 4. The van der Waals surface area contributed by atoms with Crippen molar-refractivity contribution in [3.63, 3.8) is 0 Å². The van der Waals surface area contributed by atoms with Crippen LogP contribution >= 0.6 is 58.5 Å². The van der Waals surface area contributed by atoms with Crippen LogP contribution in [0.15, 0.2) is 317 Å². The van der Waals surface area contributed by atoms with Gasteiger partial charge in [-0.25, -0.2) is 4.85 Å². The van der Waals surface area contributed by atoms with Gasteiger partial charge in [0.25, 0.3) is 0 Å². The molecule has 4 aromatic heterocycles. The molecule has 0 atom stereocenters. The molecule has 0 saturated heterocycles. The topological polar surface area (TPSA) is 202 Å². The van der Waals surface area contributed by atoms with E-state index < -0.39 is 6.92 Å². The lowest BCUT2D eigenvalue weighted by Crippen LogP contribution is -2.27. The van der Waals surface area contributed by atoms with Gasteiger partial charge >= 0.3 is 41.5 Å². The van der Waals surface area contributed by atoms with Gasteiger partial charge in [-0.05, 0) is 298 Å². The molecule has 13 aromatic carbocycles. The second-order valence-electron chi connectivity index (χ2n) is 35.0. The van der Waals surface area contributed by atoms with Crippen LogP contribution in [0.2, 0.25) is 48.0 Å². The summed E-state index contributed by atoms with van der Waals surface area (Å²) in [7, 11) is 0. The third-order valence-corrected chi connectivity index (χ3v) is 29.7. The summed E-state index contributed by atoms with van der Waals surface area (Å²) in [6.45, 7) is 9.12. The Labute approximate surface area is 807 Å². The first-order valence-electron chi connectivity index (χ1n) is 45.9. The van der Waals surface area contributed by atoms with Gasteiger partial charge in [-0.2, -0.15) is 10.5 Å². The zero-order valence-electron chi connectivity index (χ0n) is 74.7. The lowest BCUT2D eigenvalue weighted by Gasteiger charge is -2.11. The van der Waals surface area contributed by atoms with Crippen LogP contribution in [0.25, 0.3) is 71.2 Å². The summed E-state index contributed by atoms with van der Waals surface area (Å²) in [5, 5.41) is 84.4. The third-order valence-electron chi connectivity index (χ3n) is 26.1. The van der Waals surface area contributed by atoms with E-state index in [1.165, 1.54) is 81.0 Å². The van der Waals surface area contributed by atoms with Gasteiger partial charge < -0.3 is 53.1 Å². The number of thioether (sulfide) groups is 2. The van der Waals surface area contributed by atoms with Crippen molar-refractivity contribution >= 4 is 182 Å². The maximum absolute atomic E-state index is 10.3. The van der Waals surface area contributed by atoms with Crippen molar-refractivity contribution in [3.05, 3.63) is 375 Å². The molecule has 0 unspecified atom stereocenters. The van der Waals surface area contributed by atoms with E-state index in [1.54, 1.807) is 59.6 Å². The number of aryl methyl sites for hydroxylation is 10. The van der Waals surface area contributed by atoms with Gasteiger partial charge in [0.05, 0.1) is 40.8 Å². The molecule has 0 fully saturated rings. The lowest BCUT2D eigenvalue weighted by atomic mass is 9.62. The first kappa shape index (κ1) is 92.5. The molecular weight excluding hydrogens is 1750 g/mol. The Balaban J connectivity index is 0.000000108. The fraction of sp³-hybridized carbons (Fsp3) is 0.183. The third kappa shape index (κ3) is 20.9. The number of nitrogens with zero attached hydrogens (tertiary/aromatic N) is 7. The number of hydrogen-bond acceptors (Lipinski definition) is 12. The first-order valence-corrected chi connectivity index (χ1v) is 49.5. The fourth-order valence-corrected chi connectivity index (χ4v) is 22.3. The Kier molecular flexibility index (Phi) is 29.2. The maximum atomic E-state index is 10.3. The highest BCUT2D eigenvalue weighted by Gasteiger charge is 2.32. The summed E-state index contributed by atoms with van der Waals surface area (Å²) in [6.07, 6.45) is 22.4. The van der Waals surface area contributed by atoms with Crippen LogP contribution in [0.5, 0.6) is 11.5 Å². The fourth-order valence-electron chi connectivity index (χ4n) is 19.1. The molecule has 17 aromatic rings. The average Bonchev–Trinajstić information content (AvgIpc) is 1.63. The van der Waals surface area contributed by atoms with Gasteiger partial charge in [-0.3, -0.25) is 0 Å². The molecule has 6 N–H and O–H groups in total. The number of ether oxygens (including phenoxy) is 1. The van der Waals surface area contributed by atoms with Crippen molar-refractivity contribution in [1.82, 2.24) is 18.3 Å². The highest BCUT2D eigenvalue weighted by molar-refractivity contribution is 8.00. The highest BCUT2D eigenvalue weighted by Crippen LogP contribution is 2.40. The predicted molar refractivity (Wildman–Crippen MR) is 561 cm³/mol. The van der Waals surface area contributed by atoms with Crippen molar-refractivity contribution < 1.29 is 34.9 Å². The number of hydrogen-bond donors (Lipinski definition) is 6. The second-order valence-corrected chi connectivity index (χ2v) is 39.3. The van der Waals surface area contributed by atoms with Crippen molar-refractivity contribution in [2.75, 3.05) is 11.5 Å². The van der Waals surface area contributed by atoms with Gasteiger partial charge in [-0.15, -0.1) is 23.5 Å². The molecule has 0 radical (unpaired) electrons. The van der Waals surface area contributed by atoms with Crippen LogP contribution in [-0.4, -0.2) is 101 Å². The van der Waals surface area contributed by atoms with E-state index in [0.717, 1.165) is 199 Å². The summed E-state index contributed by atoms with van der Waals surface area (Å²) >= 11 is 17.4. The lowest BCUT2D eigenvalue weighted by molar-refractivity contribution is 0.484. The zero-order valence-corrected chi connectivity index (χ0v) is 78.6. The standard InChI is InChI=1S/C23H20BNOS.C20H19BN2OS.C19H16BClN2OS.C16H13BClNO.C16H17BO.C15H12BNO2/c1-16-7-10-22-20(13-16)23(27-19-5-3-2-4-6-19)15-25(22)18-9-8-17-11-12-24(26)21(17)14-18;1-14-3-6-19-17(11-14)20(25-10-2-9-22)13-23(19)16-5-4-15-7-8-21(24)18(15)12-16;21-14-3-5-18-16(10-14)19(25-9-1-8-22)12-23(18)15-4-2-13-6-7-20(24)17(13)11-15;18-13-2-4-16-12(9-13)6-8-19(16)14-3-1-11-5-7-17(20)15(11)10-14;18-17-11-10-15-9-8-14(12-16(15)17)7-6-13-4-2-1-3-5-13;1-17-12-5-7-13(8-6-12)19-14-4-2-3-11-9-10-16(18)15(11)14/h2-10,13-15,26H,11-12H2,1H3;3-6,11-13,24H,2,7-8,10H2,1H3;2-5,10-12,24H,1,6-7,9H2;1-4,6,8-10,20H,5,7H2;1-5,8-9,12,18H,6-7,10-11H2;2-8,18H,9-10H2. The average molecular weight is 1850 g/mol. The molecule has 10 heterocycles. The number of rotatable bonds is 17. The zero-order chi connectivity index (χ0) is 92.5. The molecule has 0 aliphatic carbocycles. The molecule has 23 rings (SSSR count). The van der Waals surface area contributed by atoms with Gasteiger partial charge in [0.1, 0.15) is 11.5 Å². The molecular formula is C109H97B6Cl2N7O7S3. The molecule has 0 saturated carbocycles. The van der Waals surface area contributed by atoms with Gasteiger partial charge in [0.2, 0.25) is 0 Å². The Bertz CT molecular complexity index is 7160. The largest absolute Gasteiger partial charge is 0.458 e. The summed E-state index contributed by atoms with van der Waals surface area (Å²) in [4.78, 5) is 8.16.